The lowest BCUT2D eigenvalue weighted by Gasteiger charge is -2.17. The summed E-state index contributed by atoms with van der Waals surface area (Å²) in [7, 11) is 0. The summed E-state index contributed by atoms with van der Waals surface area (Å²) in [6, 6.07) is 10.3. The van der Waals surface area contributed by atoms with Crippen molar-refractivity contribution in [3.8, 4) is 0 Å². The van der Waals surface area contributed by atoms with Crippen molar-refractivity contribution >= 4 is 11.5 Å². The highest BCUT2D eigenvalue weighted by molar-refractivity contribution is 5.82. The van der Waals surface area contributed by atoms with Gasteiger partial charge in [-0.2, -0.15) is 0 Å². The van der Waals surface area contributed by atoms with Gasteiger partial charge in [-0.1, -0.05) is 56.2 Å². The molecule has 1 fully saturated rings. The van der Waals surface area contributed by atoms with E-state index in [9.17, 15) is 4.79 Å². The molecule has 23 heavy (non-hydrogen) atoms. The molecule has 1 aromatic carbocycles. The molecule has 1 unspecified atom stereocenters. The van der Waals surface area contributed by atoms with Gasteiger partial charge in [-0.25, -0.2) is 0 Å². The van der Waals surface area contributed by atoms with Crippen LogP contribution >= 0.6 is 0 Å². The highest BCUT2D eigenvalue weighted by atomic mass is 16.5. The lowest BCUT2D eigenvalue weighted by Crippen LogP contribution is -2.12. The Hall–Kier alpha value is -2.05. The number of hydrogen-bond donors (Lipinski definition) is 0. The molecule has 1 atom stereocenters. The van der Waals surface area contributed by atoms with Gasteiger partial charge in [0.1, 0.15) is 6.10 Å². The Kier molecular flexibility index (Phi) is 6.43. The van der Waals surface area contributed by atoms with Crippen LogP contribution in [-0.4, -0.2) is 12.1 Å². The fourth-order valence-corrected chi connectivity index (χ4v) is 2.77. The van der Waals surface area contributed by atoms with Crippen molar-refractivity contribution in [2.75, 3.05) is 0 Å². The second kappa shape index (κ2) is 8.55. The highest BCUT2D eigenvalue weighted by Gasteiger charge is 2.28. The highest BCUT2D eigenvalue weighted by Crippen LogP contribution is 2.32. The molecule has 1 heterocycles. The molecular weight excluding hydrogens is 284 g/mol. The standard InChI is InChI=1S/C21H26O2/c1-4-5-7-12-18(20-13-14-21(22)23-20)19(15-16(2)3)17-10-8-6-9-11-17/h6,8-12,20H,4-5,7,13-14H2,1-3H3/b18-12-. The van der Waals surface area contributed by atoms with Crippen LogP contribution in [0.1, 0.15) is 58.4 Å². The van der Waals surface area contributed by atoms with E-state index >= 15 is 0 Å². The maximum absolute atomic E-state index is 11.6. The lowest BCUT2D eigenvalue weighted by molar-refractivity contribution is -0.140. The van der Waals surface area contributed by atoms with Crippen LogP contribution < -0.4 is 0 Å². The SMILES string of the molecule is CCCC/C=C(/C(=C=C(C)C)c1ccccc1)C1CCC(=O)O1. The molecule has 1 aliphatic heterocycles. The minimum Gasteiger partial charge on any atom is -0.457 e. The first-order valence-electron chi connectivity index (χ1n) is 8.51. The van der Waals surface area contributed by atoms with E-state index < -0.39 is 0 Å². The monoisotopic (exact) mass is 310 g/mol. The summed E-state index contributed by atoms with van der Waals surface area (Å²) < 4.78 is 5.56. The van der Waals surface area contributed by atoms with Gasteiger partial charge < -0.3 is 4.74 Å². The summed E-state index contributed by atoms with van der Waals surface area (Å²) in [6.45, 7) is 6.29. The number of carbonyl (C=O) groups excluding carboxylic acids is 1. The third kappa shape index (κ3) is 4.97. The molecule has 2 rings (SSSR count). The third-order valence-electron chi connectivity index (χ3n) is 3.88. The van der Waals surface area contributed by atoms with E-state index in [0.717, 1.165) is 48.0 Å². The largest absolute Gasteiger partial charge is 0.457 e. The Morgan fingerprint density at radius 3 is 2.61 bits per heavy atom. The van der Waals surface area contributed by atoms with Gasteiger partial charge in [0.15, 0.2) is 0 Å². The normalized spacial score (nSPS) is 17.6. The Bertz CT molecular complexity index is 627. The van der Waals surface area contributed by atoms with Crippen molar-refractivity contribution in [1.29, 1.82) is 0 Å². The molecule has 122 valence electrons. The Morgan fingerprint density at radius 1 is 1.30 bits per heavy atom. The fraction of sp³-hybridized carbons (Fsp3) is 0.429. The van der Waals surface area contributed by atoms with Gasteiger partial charge in [-0.15, -0.1) is 5.73 Å². The second-order valence-electron chi connectivity index (χ2n) is 6.18. The number of rotatable bonds is 6. The molecule has 1 aromatic rings. The molecule has 0 aliphatic carbocycles. The number of allylic oxidation sites excluding steroid dienone is 1. The minimum absolute atomic E-state index is 0.0963. The zero-order valence-electron chi connectivity index (χ0n) is 14.4. The summed E-state index contributed by atoms with van der Waals surface area (Å²) in [4.78, 5) is 11.6. The number of carbonyl (C=O) groups is 1. The van der Waals surface area contributed by atoms with Crippen LogP contribution in [0.25, 0.3) is 5.57 Å². The van der Waals surface area contributed by atoms with E-state index in [1.165, 1.54) is 0 Å². The molecule has 1 aliphatic rings. The van der Waals surface area contributed by atoms with Crippen LogP contribution in [0.2, 0.25) is 0 Å². The number of ether oxygens (including phenoxy) is 1. The number of unbranched alkanes of at least 4 members (excludes halogenated alkanes) is 2. The van der Waals surface area contributed by atoms with E-state index in [1.54, 1.807) is 0 Å². The fourth-order valence-electron chi connectivity index (χ4n) is 2.77. The first kappa shape index (κ1) is 17.3. The summed E-state index contributed by atoms with van der Waals surface area (Å²) in [6.07, 6.45) is 6.67. The maximum atomic E-state index is 11.6. The zero-order chi connectivity index (χ0) is 16.7. The average molecular weight is 310 g/mol. The lowest BCUT2D eigenvalue weighted by atomic mass is 9.91. The van der Waals surface area contributed by atoms with Gasteiger partial charge in [0.2, 0.25) is 0 Å². The van der Waals surface area contributed by atoms with Gasteiger partial charge >= 0.3 is 5.97 Å². The molecule has 1 saturated heterocycles. The van der Waals surface area contributed by atoms with Gasteiger partial charge in [-0.05, 0) is 37.8 Å². The molecule has 0 aromatic heterocycles. The van der Waals surface area contributed by atoms with Crippen LogP contribution in [0.5, 0.6) is 0 Å². The predicted molar refractivity (Wildman–Crippen MR) is 94.9 cm³/mol. The molecule has 0 N–H and O–H groups in total. The minimum atomic E-state index is -0.138. The van der Waals surface area contributed by atoms with Crippen LogP contribution in [0.15, 0.2) is 53.3 Å². The van der Waals surface area contributed by atoms with E-state index in [0.29, 0.717) is 6.42 Å². The summed E-state index contributed by atoms with van der Waals surface area (Å²) >= 11 is 0. The second-order valence-corrected chi connectivity index (χ2v) is 6.18. The summed E-state index contributed by atoms with van der Waals surface area (Å²) in [5.41, 5.74) is 7.90. The number of cyclic esters (lactones) is 1. The van der Waals surface area contributed by atoms with E-state index in [4.69, 9.17) is 4.74 Å². The topological polar surface area (TPSA) is 26.3 Å². The molecule has 0 spiro atoms. The maximum Gasteiger partial charge on any atom is 0.306 e. The number of benzene rings is 1. The Labute approximate surface area is 139 Å². The van der Waals surface area contributed by atoms with Gasteiger partial charge in [0.05, 0.1) is 0 Å². The molecule has 0 saturated carbocycles. The van der Waals surface area contributed by atoms with Crippen LogP contribution in [0.4, 0.5) is 0 Å². The molecular formula is C21H26O2. The predicted octanol–water partition coefficient (Wildman–Crippen LogP) is 5.46. The zero-order valence-corrected chi connectivity index (χ0v) is 14.4. The van der Waals surface area contributed by atoms with Crippen molar-refractivity contribution in [2.45, 2.75) is 59.0 Å². The Morgan fingerprint density at radius 2 is 2.04 bits per heavy atom. The van der Waals surface area contributed by atoms with Gasteiger partial charge in [0, 0.05) is 17.6 Å². The average Bonchev–Trinajstić information content (AvgIpc) is 2.97. The first-order chi connectivity index (χ1) is 11.1. The van der Waals surface area contributed by atoms with E-state index in [2.05, 4.69) is 30.9 Å². The summed E-state index contributed by atoms with van der Waals surface area (Å²) in [5, 5.41) is 0. The quantitative estimate of drug-likeness (QED) is 0.302. The first-order valence-corrected chi connectivity index (χ1v) is 8.51. The number of esters is 1. The van der Waals surface area contributed by atoms with Crippen LogP contribution in [-0.2, 0) is 9.53 Å². The van der Waals surface area contributed by atoms with E-state index in [-0.39, 0.29) is 12.1 Å². The van der Waals surface area contributed by atoms with Crippen molar-refractivity contribution in [3.63, 3.8) is 0 Å². The van der Waals surface area contributed by atoms with Crippen molar-refractivity contribution in [3.05, 3.63) is 58.8 Å². The molecule has 2 nitrogen and oxygen atoms in total. The van der Waals surface area contributed by atoms with Crippen molar-refractivity contribution in [1.82, 2.24) is 0 Å². The van der Waals surface area contributed by atoms with Crippen LogP contribution in [0, 0.1) is 0 Å². The van der Waals surface area contributed by atoms with E-state index in [1.807, 2.05) is 32.0 Å². The van der Waals surface area contributed by atoms with Crippen molar-refractivity contribution in [2.24, 2.45) is 0 Å². The summed E-state index contributed by atoms with van der Waals surface area (Å²) in [5.74, 6) is -0.0963. The Balaban J connectivity index is 2.46. The smallest absolute Gasteiger partial charge is 0.306 e. The van der Waals surface area contributed by atoms with Crippen molar-refractivity contribution < 1.29 is 9.53 Å². The molecule has 0 radical (unpaired) electrons. The van der Waals surface area contributed by atoms with Gasteiger partial charge in [0.25, 0.3) is 0 Å². The number of hydrogen-bond acceptors (Lipinski definition) is 2. The molecule has 0 bridgehead atoms. The third-order valence-corrected chi connectivity index (χ3v) is 3.88. The van der Waals surface area contributed by atoms with Gasteiger partial charge in [-0.3, -0.25) is 4.79 Å². The van der Waals surface area contributed by atoms with Crippen LogP contribution in [0.3, 0.4) is 0 Å². The molecule has 2 heteroatoms. The molecule has 0 amide bonds.